The van der Waals surface area contributed by atoms with Crippen LogP contribution < -0.4 is 0 Å². The van der Waals surface area contributed by atoms with Gasteiger partial charge in [0.15, 0.2) is 12.1 Å². The van der Waals surface area contributed by atoms with Gasteiger partial charge in [0.25, 0.3) is 0 Å². The largest absolute Gasteiger partial charge is 0.382 e. The summed E-state index contributed by atoms with van der Waals surface area (Å²) in [4.78, 5) is 11.3. The Bertz CT molecular complexity index is 725. The van der Waals surface area contributed by atoms with Crippen molar-refractivity contribution in [2.24, 2.45) is 0 Å². The average molecular weight is 332 g/mol. The van der Waals surface area contributed by atoms with Crippen LogP contribution in [0.5, 0.6) is 0 Å². The summed E-state index contributed by atoms with van der Waals surface area (Å²) in [6, 6.07) is 5.59. The van der Waals surface area contributed by atoms with E-state index in [1.54, 1.807) is 7.11 Å². The molecule has 1 aromatic heterocycles. The van der Waals surface area contributed by atoms with Crippen molar-refractivity contribution < 1.29 is 18.7 Å². The maximum atomic E-state index is 13.0. The van der Waals surface area contributed by atoms with Gasteiger partial charge in [0.1, 0.15) is 12.5 Å². The van der Waals surface area contributed by atoms with Gasteiger partial charge in [-0.05, 0) is 34.2 Å². The molecule has 0 saturated carbocycles. The molecule has 8 heteroatoms. The van der Waals surface area contributed by atoms with Gasteiger partial charge in [-0.1, -0.05) is 18.7 Å². The van der Waals surface area contributed by atoms with Crippen molar-refractivity contribution in [3.63, 3.8) is 0 Å². The SMILES string of the molecule is C=C(C=C(C=O)c1ccc(F)cc1)c1nnnn1COCCOC. The van der Waals surface area contributed by atoms with Gasteiger partial charge in [-0.2, -0.15) is 4.68 Å². The second kappa shape index (κ2) is 8.80. The fraction of sp³-hybridized carbons (Fsp3) is 0.250. The number of ether oxygens (including phenoxy) is 2. The number of methoxy groups -OCH3 is 1. The van der Waals surface area contributed by atoms with E-state index < -0.39 is 0 Å². The first-order valence-corrected chi connectivity index (χ1v) is 7.10. The number of aromatic nitrogens is 4. The maximum Gasteiger partial charge on any atom is 0.183 e. The first-order valence-electron chi connectivity index (χ1n) is 7.10. The minimum Gasteiger partial charge on any atom is -0.382 e. The van der Waals surface area contributed by atoms with Gasteiger partial charge in [-0.25, -0.2) is 4.39 Å². The van der Waals surface area contributed by atoms with E-state index in [4.69, 9.17) is 9.47 Å². The zero-order valence-electron chi connectivity index (χ0n) is 13.2. The van der Waals surface area contributed by atoms with Crippen LogP contribution in [0.1, 0.15) is 11.4 Å². The Kier molecular flexibility index (Phi) is 6.47. The van der Waals surface area contributed by atoms with Crippen LogP contribution in [0.25, 0.3) is 11.1 Å². The first-order chi connectivity index (χ1) is 11.7. The molecule has 0 atom stereocenters. The van der Waals surface area contributed by atoms with Gasteiger partial charge in [0.2, 0.25) is 0 Å². The fourth-order valence-corrected chi connectivity index (χ4v) is 1.89. The lowest BCUT2D eigenvalue weighted by Crippen LogP contribution is -2.11. The van der Waals surface area contributed by atoms with Crippen molar-refractivity contribution in [3.05, 3.63) is 54.1 Å². The molecular weight excluding hydrogens is 315 g/mol. The van der Waals surface area contributed by atoms with E-state index >= 15 is 0 Å². The lowest BCUT2D eigenvalue weighted by atomic mass is 10.0. The molecule has 24 heavy (non-hydrogen) atoms. The molecule has 1 heterocycles. The fourth-order valence-electron chi connectivity index (χ4n) is 1.89. The van der Waals surface area contributed by atoms with E-state index in [-0.39, 0.29) is 12.5 Å². The van der Waals surface area contributed by atoms with Gasteiger partial charge in [-0.15, -0.1) is 5.10 Å². The summed E-state index contributed by atoms with van der Waals surface area (Å²) in [5, 5.41) is 11.3. The number of allylic oxidation sites excluding steroid dienone is 3. The van der Waals surface area contributed by atoms with Crippen LogP contribution in [0.2, 0.25) is 0 Å². The Labute approximate surface area is 138 Å². The Balaban J connectivity index is 2.14. The lowest BCUT2D eigenvalue weighted by molar-refractivity contribution is -0.103. The zero-order valence-corrected chi connectivity index (χ0v) is 13.2. The number of rotatable bonds is 9. The second-order valence-corrected chi connectivity index (χ2v) is 4.78. The Hall–Kier alpha value is -2.71. The van der Waals surface area contributed by atoms with Crippen molar-refractivity contribution in [2.45, 2.75) is 6.73 Å². The summed E-state index contributed by atoms with van der Waals surface area (Å²) in [6.07, 6.45) is 2.21. The molecule has 0 unspecified atom stereocenters. The van der Waals surface area contributed by atoms with Crippen LogP contribution in [-0.2, 0) is 21.0 Å². The molecule has 0 bridgehead atoms. The Morgan fingerprint density at radius 2 is 2.08 bits per heavy atom. The third kappa shape index (κ3) is 4.64. The predicted molar refractivity (Wildman–Crippen MR) is 85.1 cm³/mol. The van der Waals surface area contributed by atoms with Crippen LogP contribution in [0, 0.1) is 5.82 Å². The molecule has 0 aliphatic rings. The van der Waals surface area contributed by atoms with Crippen LogP contribution in [-0.4, -0.2) is 46.8 Å². The van der Waals surface area contributed by atoms with Crippen molar-refractivity contribution >= 4 is 17.4 Å². The molecule has 2 rings (SSSR count). The summed E-state index contributed by atoms with van der Waals surface area (Å²) in [5.41, 5.74) is 1.35. The van der Waals surface area contributed by atoms with Gasteiger partial charge in [0, 0.05) is 18.3 Å². The standard InChI is InChI=1S/C16H17FN4O3/c1-12(9-14(10-22)13-3-5-15(17)6-4-13)16-18-19-20-21(16)11-24-8-7-23-2/h3-6,9-10H,1,7-8,11H2,2H3. The minimum atomic E-state index is -0.375. The van der Waals surface area contributed by atoms with Crippen LogP contribution in [0.3, 0.4) is 0 Å². The summed E-state index contributed by atoms with van der Waals surface area (Å²) < 4.78 is 24.7. The summed E-state index contributed by atoms with van der Waals surface area (Å²) in [6.45, 7) is 4.86. The number of aldehydes is 1. The third-order valence-electron chi connectivity index (χ3n) is 3.10. The summed E-state index contributed by atoms with van der Waals surface area (Å²) in [7, 11) is 1.58. The van der Waals surface area contributed by atoms with Crippen molar-refractivity contribution in [1.29, 1.82) is 0 Å². The normalized spacial score (nSPS) is 11.5. The highest BCUT2D eigenvalue weighted by atomic mass is 19.1. The Morgan fingerprint density at radius 3 is 2.75 bits per heavy atom. The molecule has 2 aromatic rings. The van der Waals surface area contributed by atoms with E-state index in [9.17, 15) is 9.18 Å². The third-order valence-corrected chi connectivity index (χ3v) is 3.10. The number of hydrogen-bond donors (Lipinski definition) is 0. The van der Waals surface area contributed by atoms with E-state index in [1.165, 1.54) is 35.0 Å². The number of halogens is 1. The molecule has 126 valence electrons. The smallest absolute Gasteiger partial charge is 0.183 e. The van der Waals surface area contributed by atoms with Crippen molar-refractivity contribution in [1.82, 2.24) is 20.2 Å². The van der Waals surface area contributed by atoms with Crippen LogP contribution >= 0.6 is 0 Å². The molecule has 0 aliphatic heterocycles. The first kappa shape index (κ1) is 17.6. The molecule has 0 spiro atoms. The molecule has 7 nitrogen and oxygen atoms in total. The maximum absolute atomic E-state index is 13.0. The second-order valence-electron chi connectivity index (χ2n) is 4.78. The van der Waals surface area contributed by atoms with E-state index in [0.717, 1.165) is 0 Å². The highest BCUT2D eigenvalue weighted by molar-refractivity contribution is 6.09. The molecule has 0 amide bonds. The lowest BCUT2D eigenvalue weighted by Gasteiger charge is -2.06. The van der Waals surface area contributed by atoms with Crippen molar-refractivity contribution in [2.75, 3.05) is 20.3 Å². The highest BCUT2D eigenvalue weighted by Crippen LogP contribution is 2.19. The number of nitrogens with zero attached hydrogens (tertiary/aromatic N) is 4. The number of benzene rings is 1. The average Bonchev–Trinajstić information content (AvgIpc) is 3.06. The van der Waals surface area contributed by atoms with Crippen LogP contribution in [0.4, 0.5) is 4.39 Å². The van der Waals surface area contributed by atoms with E-state index in [0.29, 0.717) is 42.0 Å². The monoisotopic (exact) mass is 332 g/mol. The number of tetrazole rings is 1. The van der Waals surface area contributed by atoms with Gasteiger partial charge >= 0.3 is 0 Å². The predicted octanol–water partition coefficient (Wildman–Crippen LogP) is 1.73. The molecule has 0 N–H and O–H groups in total. The van der Waals surface area contributed by atoms with E-state index in [2.05, 4.69) is 22.1 Å². The van der Waals surface area contributed by atoms with Gasteiger partial charge < -0.3 is 9.47 Å². The van der Waals surface area contributed by atoms with E-state index in [1.807, 2.05) is 0 Å². The summed E-state index contributed by atoms with van der Waals surface area (Å²) >= 11 is 0. The zero-order chi connectivity index (χ0) is 17.4. The molecule has 0 fully saturated rings. The van der Waals surface area contributed by atoms with Crippen LogP contribution in [0.15, 0.2) is 36.9 Å². The highest BCUT2D eigenvalue weighted by Gasteiger charge is 2.10. The van der Waals surface area contributed by atoms with Gasteiger partial charge in [-0.3, -0.25) is 4.79 Å². The number of carbonyl (C=O) groups is 1. The molecule has 0 aliphatic carbocycles. The quantitative estimate of drug-likeness (QED) is 0.301. The molecule has 0 radical (unpaired) electrons. The topological polar surface area (TPSA) is 79.1 Å². The van der Waals surface area contributed by atoms with Crippen molar-refractivity contribution in [3.8, 4) is 0 Å². The number of hydrogen-bond acceptors (Lipinski definition) is 6. The minimum absolute atomic E-state index is 0.130. The molecule has 0 saturated heterocycles. The Morgan fingerprint density at radius 1 is 1.33 bits per heavy atom. The summed E-state index contributed by atoms with van der Waals surface area (Å²) in [5.74, 6) is -0.00569. The molecule has 1 aromatic carbocycles. The number of carbonyl (C=O) groups excluding carboxylic acids is 1. The molecular formula is C16H17FN4O3. The van der Waals surface area contributed by atoms with Gasteiger partial charge in [0.05, 0.1) is 13.2 Å².